The van der Waals surface area contributed by atoms with Crippen LogP contribution in [0.5, 0.6) is 0 Å². The number of rotatable bonds is 9. The van der Waals surface area contributed by atoms with Gasteiger partial charge in [0.2, 0.25) is 0 Å². The zero-order valence-corrected chi connectivity index (χ0v) is 22.0. The summed E-state index contributed by atoms with van der Waals surface area (Å²) < 4.78 is 63.8. The highest BCUT2D eigenvalue weighted by atomic mass is 32.2. The van der Waals surface area contributed by atoms with Gasteiger partial charge in [0.15, 0.2) is 6.61 Å². The highest BCUT2D eigenvalue weighted by molar-refractivity contribution is 7.86. The minimum Gasteiger partial charge on any atom is -0.457 e. The number of hydrogen-bond acceptors (Lipinski definition) is 4. The van der Waals surface area contributed by atoms with Crippen LogP contribution < -0.4 is 0 Å². The van der Waals surface area contributed by atoms with Crippen molar-refractivity contribution in [3.05, 3.63) is 108 Å². The second kappa shape index (κ2) is 11.1. The maximum Gasteiger partial charge on any atom is 0.402 e. The van der Waals surface area contributed by atoms with Crippen molar-refractivity contribution in [3.8, 4) is 0 Å². The average Bonchev–Trinajstić information content (AvgIpc) is 2.83. The molecule has 0 saturated carbocycles. The summed E-state index contributed by atoms with van der Waals surface area (Å²) in [4.78, 5) is 13.6. The Morgan fingerprint density at radius 3 is 1.61 bits per heavy atom. The molecule has 0 spiro atoms. The Labute approximate surface area is 217 Å². The van der Waals surface area contributed by atoms with Gasteiger partial charge in [0.25, 0.3) is 0 Å². The van der Waals surface area contributed by atoms with Gasteiger partial charge in [-0.05, 0) is 29.0 Å². The molecule has 9 heteroatoms. The van der Waals surface area contributed by atoms with Crippen molar-refractivity contribution >= 4 is 29.6 Å². The number of alkyl halides is 2. The summed E-state index contributed by atoms with van der Waals surface area (Å²) >= 11 is 0. The summed E-state index contributed by atoms with van der Waals surface area (Å²) in [5.74, 6) is -1.40. The normalized spacial score (nSPS) is 14.0. The van der Waals surface area contributed by atoms with E-state index in [0.29, 0.717) is 5.56 Å². The third-order valence-electron chi connectivity index (χ3n) is 6.78. The van der Waals surface area contributed by atoms with Crippen LogP contribution in [0, 0.1) is 5.41 Å². The second-order valence-electron chi connectivity index (χ2n) is 9.16. The summed E-state index contributed by atoms with van der Waals surface area (Å²) in [7, 11) is -5.76. The van der Waals surface area contributed by atoms with Gasteiger partial charge in [-0.15, -0.1) is 0 Å². The minimum atomic E-state index is -5.76. The van der Waals surface area contributed by atoms with Gasteiger partial charge < -0.3 is 4.74 Å². The summed E-state index contributed by atoms with van der Waals surface area (Å²) in [5.41, 5.74) is -0.146. The van der Waals surface area contributed by atoms with Crippen LogP contribution in [0.1, 0.15) is 43.4 Å². The van der Waals surface area contributed by atoms with Crippen molar-refractivity contribution in [1.82, 2.24) is 0 Å². The van der Waals surface area contributed by atoms with E-state index in [4.69, 9.17) is 9.29 Å². The van der Waals surface area contributed by atoms with Gasteiger partial charge >= 0.3 is 21.3 Å². The van der Waals surface area contributed by atoms with Crippen LogP contribution in [0.4, 0.5) is 8.78 Å². The summed E-state index contributed by atoms with van der Waals surface area (Å²) in [6, 6.07) is 27.6. The molecule has 0 bridgehead atoms. The number of carbonyl (C=O) groups is 1. The molecule has 3 rings (SSSR count). The SMILES string of the molecule is CC(C(=O)OCC(F)(F)S(=O)(=O)O)(c1ccccc1)C(C)(C)C(c1ccccc1)c1ccccc1.S. The molecule has 0 aromatic heterocycles. The number of benzene rings is 3. The molecular weight excluding hydrogens is 506 g/mol. The van der Waals surface area contributed by atoms with Gasteiger partial charge in [-0.3, -0.25) is 9.35 Å². The summed E-state index contributed by atoms with van der Waals surface area (Å²) in [6.45, 7) is 3.51. The van der Waals surface area contributed by atoms with E-state index < -0.39 is 38.8 Å². The zero-order chi connectivity index (χ0) is 25.9. The molecule has 1 unspecified atom stereocenters. The molecule has 0 aliphatic heterocycles. The predicted octanol–water partition coefficient (Wildman–Crippen LogP) is 5.94. The topological polar surface area (TPSA) is 80.7 Å². The number of halogens is 2. The molecule has 1 N–H and O–H groups in total. The molecule has 1 atom stereocenters. The van der Waals surface area contributed by atoms with Crippen LogP contribution in [0.3, 0.4) is 0 Å². The number of ether oxygens (including phenoxy) is 1. The Bertz CT molecular complexity index is 1210. The largest absolute Gasteiger partial charge is 0.457 e. The summed E-state index contributed by atoms with van der Waals surface area (Å²) in [5, 5.41) is -4.64. The van der Waals surface area contributed by atoms with Crippen LogP contribution >= 0.6 is 13.5 Å². The third-order valence-corrected chi connectivity index (χ3v) is 7.66. The monoisotopic (exact) mass is 536 g/mol. The van der Waals surface area contributed by atoms with Crippen LogP contribution in [0.2, 0.25) is 0 Å². The van der Waals surface area contributed by atoms with Gasteiger partial charge in [0.05, 0.1) is 5.41 Å². The lowest BCUT2D eigenvalue weighted by Crippen LogP contribution is -2.51. The van der Waals surface area contributed by atoms with Crippen molar-refractivity contribution in [3.63, 3.8) is 0 Å². The lowest BCUT2D eigenvalue weighted by Gasteiger charge is -2.48. The fourth-order valence-corrected chi connectivity index (χ4v) is 4.71. The lowest BCUT2D eigenvalue weighted by atomic mass is 9.54. The number of hydrogen-bond donors (Lipinski definition) is 1. The molecule has 5 nitrogen and oxygen atoms in total. The van der Waals surface area contributed by atoms with Crippen LogP contribution in [0.15, 0.2) is 91.0 Å². The van der Waals surface area contributed by atoms with Gasteiger partial charge in [0, 0.05) is 5.92 Å². The van der Waals surface area contributed by atoms with E-state index in [9.17, 15) is 22.0 Å². The smallest absolute Gasteiger partial charge is 0.402 e. The van der Waals surface area contributed by atoms with E-state index in [-0.39, 0.29) is 19.4 Å². The standard InChI is InChI=1S/C27H28F2O5S.H2S/c1-25(2,23(20-13-7-4-8-14-20)21-15-9-5-10-16-21)26(3,22-17-11-6-12-18-22)24(30)34-19-27(28,29)35(31,32)33;/h4-18,23H,19H2,1-3H3,(H,31,32,33);1H2. The Hall–Kier alpha value is -2.75. The van der Waals surface area contributed by atoms with E-state index in [2.05, 4.69) is 0 Å². The van der Waals surface area contributed by atoms with Gasteiger partial charge in [-0.2, -0.15) is 30.7 Å². The van der Waals surface area contributed by atoms with Gasteiger partial charge in [-0.25, -0.2) is 0 Å². The first kappa shape index (κ1) is 29.5. The maximum atomic E-state index is 14.0. The molecule has 0 aliphatic rings. The van der Waals surface area contributed by atoms with Crippen LogP contribution in [-0.2, 0) is 25.1 Å². The Morgan fingerprint density at radius 2 is 1.22 bits per heavy atom. The molecule has 0 amide bonds. The molecule has 3 aromatic rings. The van der Waals surface area contributed by atoms with Crippen molar-refractivity contribution in [2.75, 3.05) is 6.61 Å². The van der Waals surface area contributed by atoms with Crippen molar-refractivity contribution in [2.24, 2.45) is 5.41 Å². The number of esters is 1. The van der Waals surface area contributed by atoms with E-state index in [1.54, 1.807) is 37.3 Å². The van der Waals surface area contributed by atoms with Crippen molar-refractivity contribution in [1.29, 1.82) is 0 Å². The van der Waals surface area contributed by atoms with Crippen LogP contribution in [-0.4, -0.2) is 30.8 Å². The predicted molar refractivity (Wildman–Crippen MR) is 140 cm³/mol. The van der Waals surface area contributed by atoms with E-state index in [1.165, 1.54) is 0 Å². The molecule has 0 aliphatic carbocycles. The lowest BCUT2D eigenvalue weighted by molar-refractivity contribution is -0.161. The molecule has 3 aromatic carbocycles. The fourth-order valence-electron chi connectivity index (χ4n) is 4.50. The Morgan fingerprint density at radius 1 is 0.833 bits per heavy atom. The maximum absolute atomic E-state index is 14.0. The molecule has 36 heavy (non-hydrogen) atoms. The van der Waals surface area contributed by atoms with Gasteiger partial charge in [0.1, 0.15) is 0 Å². The van der Waals surface area contributed by atoms with Crippen molar-refractivity contribution < 1.29 is 31.3 Å². The first-order valence-electron chi connectivity index (χ1n) is 11.0. The molecule has 0 radical (unpaired) electrons. The number of carbonyl (C=O) groups excluding carboxylic acids is 1. The van der Waals surface area contributed by atoms with E-state index in [0.717, 1.165) is 11.1 Å². The molecule has 0 heterocycles. The quantitative estimate of drug-likeness (QED) is 0.270. The minimum absolute atomic E-state index is 0. The van der Waals surface area contributed by atoms with E-state index in [1.807, 2.05) is 74.5 Å². The average molecular weight is 537 g/mol. The molecule has 0 saturated heterocycles. The molecule has 194 valence electrons. The molecular formula is C27H30F2O5S2. The first-order valence-corrected chi connectivity index (χ1v) is 12.4. The van der Waals surface area contributed by atoms with Gasteiger partial charge in [-0.1, -0.05) is 105 Å². The summed E-state index contributed by atoms with van der Waals surface area (Å²) in [6.07, 6.45) is 0. The van der Waals surface area contributed by atoms with Crippen molar-refractivity contribution in [2.45, 2.75) is 37.4 Å². The highest BCUT2D eigenvalue weighted by Crippen LogP contribution is 2.54. The first-order chi connectivity index (χ1) is 16.3. The Balaban J connectivity index is 0.00000456. The van der Waals surface area contributed by atoms with Crippen LogP contribution in [0.25, 0.3) is 0 Å². The third kappa shape index (κ3) is 5.63. The second-order valence-corrected chi connectivity index (χ2v) is 10.7. The molecule has 0 fully saturated rings. The fraction of sp³-hybridized carbons (Fsp3) is 0.296. The highest BCUT2D eigenvalue weighted by Gasteiger charge is 2.55. The van der Waals surface area contributed by atoms with E-state index >= 15 is 0 Å². The zero-order valence-electron chi connectivity index (χ0n) is 20.2. The Kier molecular flexibility index (Phi) is 9.10.